The fourth-order valence-corrected chi connectivity index (χ4v) is 9.40. The number of anilines is 6. The molecule has 2 nitrogen and oxygen atoms in total. The van der Waals surface area contributed by atoms with E-state index in [1.165, 1.54) is 82.2 Å². The van der Waals surface area contributed by atoms with Crippen molar-refractivity contribution in [1.82, 2.24) is 0 Å². The first-order valence-electron chi connectivity index (χ1n) is 19.0. The van der Waals surface area contributed by atoms with Crippen LogP contribution in [0.1, 0.15) is 105 Å². The molecule has 8 rings (SSSR count). The average Bonchev–Trinajstić information content (AvgIpc) is 3.45. The van der Waals surface area contributed by atoms with E-state index in [4.69, 9.17) is 0 Å². The fourth-order valence-electron chi connectivity index (χ4n) is 8.08. The second-order valence-electron chi connectivity index (χ2n) is 19.2. The van der Waals surface area contributed by atoms with Crippen LogP contribution < -0.4 is 25.5 Å². The normalized spacial score (nSPS) is 14.4. The summed E-state index contributed by atoms with van der Waals surface area (Å²) in [6.45, 7) is 28.2. The number of nitrogens with zero attached hydrogens (tertiary/aromatic N) is 2. The Morgan fingerprint density at radius 2 is 0.904 bits per heavy atom. The number of hydrogen-bond donors (Lipinski definition) is 0. The second kappa shape index (κ2) is 11.6. The third-order valence-corrected chi connectivity index (χ3v) is 12.4. The molecule has 0 aliphatic carbocycles. The fraction of sp³-hybridized carbons (Fsp3) is 0.333. The number of hydrogen-bond acceptors (Lipinski definition) is 3. The summed E-state index contributed by atoms with van der Waals surface area (Å²) in [6, 6.07) is 39.9. The molecular weight excluding hydrogens is 647 g/mol. The van der Waals surface area contributed by atoms with Gasteiger partial charge in [-0.05, 0) is 103 Å². The molecule has 2 aliphatic rings. The predicted molar refractivity (Wildman–Crippen MR) is 231 cm³/mol. The minimum absolute atomic E-state index is 0.00254. The molecule has 0 bridgehead atoms. The standard InChI is InChI=1S/C48H53BN2S/c1-45(2,3)30-24-31(46(4,5)6)27-34(26-30)50-38-20-15-14-19-37(38)49-42-39(50)21-17-22-40(42)51(43-36-18-13-16-23-41(36)52-44(43)49)35-28-32(47(7,8)9)25-33(29-35)48(10,11)12/h13-29H,1-12H3. The van der Waals surface area contributed by atoms with E-state index >= 15 is 0 Å². The molecule has 3 heterocycles. The molecule has 0 unspecified atom stereocenters. The number of fused-ring (bicyclic) bond motifs is 6. The zero-order valence-electron chi connectivity index (χ0n) is 33.2. The highest BCUT2D eigenvalue weighted by Crippen LogP contribution is 2.49. The second-order valence-corrected chi connectivity index (χ2v) is 20.3. The lowest BCUT2D eigenvalue weighted by atomic mass is 9.36. The minimum atomic E-state index is 0.00254. The van der Waals surface area contributed by atoms with Crippen LogP contribution in [0.25, 0.3) is 10.1 Å². The first-order chi connectivity index (χ1) is 24.3. The van der Waals surface area contributed by atoms with Crippen LogP contribution in [0.2, 0.25) is 0 Å². The number of rotatable bonds is 2. The lowest BCUT2D eigenvalue weighted by molar-refractivity contribution is 0.568. The Morgan fingerprint density at radius 3 is 1.44 bits per heavy atom. The smallest absolute Gasteiger partial charge is 0.264 e. The van der Waals surface area contributed by atoms with Crippen molar-refractivity contribution in [3.8, 4) is 0 Å². The van der Waals surface area contributed by atoms with Crippen LogP contribution >= 0.6 is 11.3 Å². The lowest BCUT2D eigenvalue weighted by Gasteiger charge is -2.43. The minimum Gasteiger partial charge on any atom is -0.311 e. The van der Waals surface area contributed by atoms with Crippen molar-refractivity contribution in [3.63, 3.8) is 0 Å². The van der Waals surface area contributed by atoms with Gasteiger partial charge < -0.3 is 9.80 Å². The summed E-state index contributed by atoms with van der Waals surface area (Å²) in [6.07, 6.45) is 0. The van der Waals surface area contributed by atoms with Crippen molar-refractivity contribution in [2.24, 2.45) is 0 Å². The summed E-state index contributed by atoms with van der Waals surface area (Å²) in [5.74, 6) is 0. The maximum atomic E-state index is 2.62. The predicted octanol–water partition coefficient (Wildman–Crippen LogP) is 12.2. The molecular formula is C48H53BN2S. The van der Waals surface area contributed by atoms with Crippen molar-refractivity contribution in [1.29, 1.82) is 0 Å². The van der Waals surface area contributed by atoms with Gasteiger partial charge in [0.2, 0.25) is 0 Å². The maximum absolute atomic E-state index is 2.62. The van der Waals surface area contributed by atoms with Crippen LogP contribution in [0.5, 0.6) is 0 Å². The Kier molecular flexibility index (Phi) is 7.77. The van der Waals surface area contributed by atoms with E-state index in [2.05, 4.69) is 196 Å². The molecule has 264 valence electrons. The van der Waals surface area contributed by atoms with Gasteiger partial charge in [-0.15, -0.1) is 11.3 Å². The van der Waals surface area contributed by atoms with Gasteiger partial charge >= 0.3 is 0 Å². The number of benzene rings is 5. The van der Waals surface area contributed by atoms with Gasteiger partial charge in [0.15, 0.2) is 0 Å². The molecule has 0 saturated carbocycles. The van der Waals surface area contributed by atoms with Crippen LogP contribution in [0.3, 0.4) is 0 Å². The summed E-state index contributed by atoms with van der Waals surface area (Å²) < 4.78 is 2.76. The third kappa shape index (κ3) is 5.61. The Labute approximate surface area is 316 Å². The van der Waals surface area contributed by atoms with Crippen LogP contribution in [-0.4, -0.2) is 6.71 Å². The van der Waals surface area contributed by atoms with Crippen molar-refractivity contribution in [2.45, 2.75) is 105 Å². The molecule has 0 fully saturated rings. The molecule has 1 aromatic heterocycles. The number of para-hydroxylation sites is 1. The molecule has 0 atom stereocenters. The molecule has 52 heavy (non-hydrogen) atoms. The highest BCUT2D eigenvalue weighted by Gasteiger charge is 2.45. The first kappa shape index (κ1) is 34.8. The van der Waals surface area contributed by atoms with Gasteiger partial charge in [0.25, 0.3) is 6.71 Å². The van der Waals surface area contributed by atoms with Gasteiger partial charge in [0, 0.05) is 43.3 Å². The lowest BCUT2D eigenvalue weighted by Crippen LogP contribution is -2.60. The van der Waals surface area contributed by atoms with E-state index in [0.29, 0.717) is 0 Å². The summed E-state index contributed by atoms with van der Waals surface area (Å²) in [5.41, 5.74) is 15.8. The zero-order valence-corrected chi connectivity index (χ0v) is 34.0. The molecule has 0 spiro atoms. The van der Waals surface area contributed by atoms with E-state index < -0.39 is 0 Å². The molecule has 0 N–H and O–H groups in total. The van der Waals surface area contributed by atoms with Crippen LogP contribution in [0.4, 0.5) is 34.1 Å². The zero-order chi connectivity index (χ0) is 37.1. The van der Waals surface area contributed by atoms with Gasteiger partial charge in [0.1, 0.15) is 0 Å². The molecule has 5 aromatic carbocycles. The molecule has 0 radical (unpaired) electrons. The monoisotopic (exact) mass is 700 g/mol. The third-order valence-electron chi connectivity index (χ3n) is 11.2. The van der Waals surface area contributed by atoms with E-state index in [1.807, 2.05) is 11.3 Å². The SMILES string of the molecule is CC(C)(C)c1cc(N2c3ccccc3B3c4sc5ccccc5c4N(c4cc(C(C)(C)C)cc(C(C)(C)C)c4)c4cccc2c43)cc(C(C)(C)C)c1. The Morgan fingerprint density at radius 1 is 0.462 bits per heavy atom. The van der Waals surface area contributed by atoms with Crippen LogP contribution in [-0.2, 0) is 21.7 Å². The van der Waals surface area contributed by atoms with Crippen molar-refractivity contribution in [2.75, 3.05) is 9.80 Å². The molecule has 6 aromatic rings. The van der Waals surface area contributed by atoms with E-state index in [0.717, 1.165) is 0 Å². The van der Waals surface area contributed by atoms with Gasteiger partial charge in [-0.25, -0.2) is 0 Å². The molecule has 2 aliphatic heterocycles. The molecule has 0 saturated heterocycles. The van der Waals surface area contributed by atoms with Crippen LogP contribution in [0, 0.1) is 0 Å². The highest BCUT2D eigenvalue weighted by atomic mass is 32.1. The average molecular weight is 701 g/mol. The van der Waals surface area contributed by atoms with E-state index in [-0.39, 0.29) is 28.4 Å². The Balaban J connectivity index is 1.47. The topological polar surface area (TPSA) is 6.48 Å². The summed E-state index contributed by atoms with van der Waals surface area (Å²) in [7, 11) is 0. The molecule has 4 heteroatoms. The Hall–Kier alpha value is -4.28. The quantitative estimate of drug-likeness (QED) is 0.166. The van der Waals surface area contributed by atoms with Gasteiger partial charge in [-0.2, -0.15) is 0 Å². The number of thiophene rings is 1. The van der Waals surface area contributed by atoms with Crippen molar-refractivity contribution >= 4 is 78.0 Å². The van der Waals surface area contributed by atoms with Gasteiger partial charge in [-0.3, -0.25) is 0 Å². The summed E-state index contributed by atoms with van der Waals surface area (Å²) >= 11 is 1.97. The first-order valence-corrected chi connectivity index (χ1v) is 19.8. The summed E-state index contributed by atoms with van der Waals surface area (Å²) in [4.78, 5) is 5.18. The molecule has 0 amide bonds. The Bertz CT molecular complexity index is 2310. The highest BCUT2D eigenvalue weighted by molar-refractivity contribution is 7.33. The maximum Gasteiger partial charge on any atom is 0.264 e. The van der Waals surface area contributed by atoms with E-state index in [1.54, 1.807) is 0 Å². The van der Waals surface area contributed by atoms with E-state index in [9.17, 15) is 0 Å². The van der Waals surface area contributed by atoms with Gasteiger partial charge in [0.05, 0.1) is 5.69 Å². The summed E-state index contributed by atoms with van der Waals surface area (Å²) in [5, 5.41) is 1.32. The van der Waals surface area contributed by atoms with Gasteiger partial charge in [-0.1, -0.05) is 138 Å². The largest absolute Gasteiger partial charge is 0.311 e. The van der Waals surface area contributed by atoms with Crippen molar-refractivity contribution in [3.05, 3.63) is 125 Å². The van der Waals surface area contributed by atoms with Crippen LogP contribution in [0.15, 0.2) is 103 Å². The van der Waals surface area contributed by atoms with Crippen molar-refractivity contribution < 1.29 is 0 Å².